The molecule has 0 saturated carbocycles. The monoisotopic (exact) mass is 347 g/mol. The van der Waals surface area contributed by atoms with Crippen LogP contribution in [0, 0.1) is 23.2 Å². The van der Waals surface area contributed by atoms with E-state index >= 15 is 0 Å². The summed E-state index contributed by atoms with van der Waals surface area (Å²) >= 11 is 0. The summed E-state index contributed by atoms with van der Waals surface area (Å²) in [4.78, 5) is 12.0. The van der Waals surface area contributed by atoms with E-state index in [1.807, 2.05) is 26.0 Å². The molecular weight excluding hydrogens is 318 g/mol. The summed E-state index contributed by atoms with van der Waals surface area (Å²) in [5.74, 6) is 1.70. The van der Waals surface area contributed by atoms with E-state index in [-0.39, 0.29) is 35.5 Å². The number of carbonyl (C=O) groups is 1. The Morgan fingerprint density at radius 3 is 2.84 bits per heavy atom. The molecule has 2 aliphatic rings. The van der Waals surface area contributed by atoms with Crippen LogP contribution in [0.4, 0.5) is 4.79 Å². The molecule has 3 rings (SSSR count). The third-order valence-electron chi connectivity index (χ3n) is 5.95. The highest BCUT2D eigenvalue weighted by Gasteiger charge is 2.55. The van der Waals surface area contributed by atoms with Gasteiger partial charge in [0, 0.05) is 17.4 Å². The maximum absolute atomic E-state index is 12.0. The fourth-order valence-corrected chi connectivity index (χ4v) is 4.44. The van der Waals surface area contributed by atoms with Crippen molar-refractivity contribution in [3.63, 3.8) is 0 Å². The molecule has 5 nitrogen and oxygen atoms in total. The average molecular weight is 347 g/mol. The first-order valence-corrected chi connectivity index (χ1v) is 9.12. The molecule has 1 saturated heterocycles. The second-order valence-electron chi connectivity index (χ2n) is 7.87. The number of carbonyl (C=O) groups excluding carboxylic acids is 1. The number of fused-ring (bicyclic) bond motifs is 2. The Balaban J connectivity index is 1.82. The standard InChI is InChI=1S/C20H29NO4/c1-12(2)21-19(22)25-11-20-10-24-18(16-7-6-8-23-16)17(15(20)5)13(3)9-14(20)4/h6-9,12,14-15,17-18H,10-11H2,1-5H3,(H,21,22)/t14-,15+,17-,18+,20-/m0/s1. The number of ether oxygens (including phenoxy) is 2. The fraction of sp³-hybridized carbons (Fsp3) is 0.650. The van der Waals surface area contributed by atoms with Gasteiger partial charge in [-0.1, -0.05) is 25.5 Å². The lowest BCUT2D eigenvalue weighted by atomic mass is 9.56. The molecule has 1 N–H and O–H groups in total. The van der Waals surface area contributed by atoms with E-state index in [1.54, 1.807) is 6.26 Å². The second-order valence-corrected chi connectivity index (χ2v) is 7.87. The molecule has 0 aromatic carbocycles. The molecule has 1 aromatic heterocycles. The summed E-state index contributed by atoms with van der Waals surface area (Å²) in [5, 5.41) is 2.79. The Morgan fingerprint density at radius 1 is 1.44 bits per heavy atom. The van der Waals surface area contributed by atoms with Gasteiger partial charge in [0.15, 0.2) is 0 Å². The Hall–Kier alpha value is -1.75. The minimum absolute atomic E-state index is 0.0621. The topological polar surface area (TPSA) is 60.7 Å². The summed E-state index contributed by atoms with van der Waals surface area (Å²) in [6.45, 7) is 11.4. The van der Waals surface area contributed by atoms with Crippen LogP contribution in [0.1, 0.15) is 46.5 Å². The van der Waals surface area contributed by atoms with Gasteiger partial charge in [-0.05, 0) is 44.7 Å². The number of nitrogens with one attached hydrogen (secondary N) is 1. The molecule has 25 heavy (non-hydrogen) atoms. The van der Waals surface area contributed by atoms with Gasteiger partial charge in [-0.25, -0.2) is 4.79 Å². The summed E-state index contributed by atoms with van der Waals surface area (Å²) in [5.41, 5.74) is 1.12. The van der Waals surface area contributed by atoms with Crippen molar-refractivity contribution in [2.24, 2.45) is 23.2 Å². The number of rotatable bonds is 4. The van der Waals surface area contributed by atoms with Gasteiger partial charge in [0.1, 0.15) is 18.5 Å². The van der Waals surface area contributed by atoms with Crippen LogP contribution in [0.25, 0.3) is 0 Å². The van der Waals surface area contributed by atoms with E-state index in [2.05, 4.69) is 32.2 Å². The van der Waals surface area contributed by atoms with Crippen molar-refractivity contribution in [2.45, 2.75) is 46.8 Å². The van der Waals surface area contributed by atoms with Crippen molar-refractivity contribution in [3.05, 3.63) is 35.8 Å². The molecule has 0 unspecified atom stereocenters. The van der Waals surface area contributed by atoms with Gasteiger partial charge in [-0.3, -0.25) is 0 Å². The van der Waals surface area contributed by atoms with Crippen LogP contribution in [-0.2, 0) is 9.47 Å². The highest BCUT2D eigenvalue weighted by molar-refractivity contribution is 5.67. The third-order valence-corrected chi connectivity index (χ3v) is 5.95. The molecule has 0 radical (unpaired) electrons. The van der Waals surface area contributed by atoms with Crippen LogP contribution < -0.4 is 5.32 Å². The maximum atomic E-state index is 12.0. The highest BCUT2D eigenvalue weighted by atomic mass is 16.6. The van der Waals surface area contributed by atoms with Crippen LogP contribution in [0.3, 0.4) is 0 Å². The van der Waals surface area contributed by atoms with E-state index in [0.717, 1.165) is 5.76 Å². The molecule has 1 aromatic rings. The first kappa shape index (κ1) is 18.1. The van der Waals surface area contributed by atoms with Gasteiger partial charge >= 0.3 is 6.09 Å². The highest BCUT2D eigenvalue weighted by Crippen LogP contribution is 2.56. The molecular formula is C20H29NO4. The number of alkyl carbamates (subject to hydrolysis) is 1. The molecule has 1 aliphatic carbocycles. The van der Waals surface area contributed by atoms with E-state index in [0.29, 0.717) is 19.1 Å². The molecule has 2 bridgehead atoms. The van der Waals surface area contributed by atoms with E-state index in [1.165, 1.54) is 5.57 Å². The number of amides is 1. The maximum Gasteiger partial charge on any atom is 0.407 e. The Bertz CT molecular complexity index is 636. The largest absolute Gasteiger partial charge is 0.467 e. The second kappa shape index (κ2) is 6.87. The summed E-state index contributed by atoms with van der Waals surface area (Å²) in [6.07, 6.45) is 3.56. The minimum Gasteiger partial charge on any atom is -0.467 e. The van der Waals surface area contributed by atoms with E-state index < -0.39 is 0 Å². The van der Waals surface area contributed by atoms with Crippen LogP contribution in [0.5, 0.6) is 0 Å². The number of furan rings is 1. The Labute approximate surface area is 149 Å². The number of hydrogen-bond acceptors (Lipinski definition) is 4. The molecule has 138 valence electrons. The van der Waals surface area contributed by atoms with Crippen LogP contribution >= 0.6 is 0 Å². The van der Waals surface area contributed by atoms with Crippen molar-refractivity contribution in [2.75, 3.05) is 13.2 Å². The van der Waals surface area contributed by atoms with Crippen LogP contribution in [0.2, 0.25) is 0 Å². The van der Waals surface area contributed by atoms with E-state index in [4.69, 9.17) is 13.9 Å². The quantitative estimate of drug-likeness (QED) is 0.824. The normalized spacial score (nSPS) is 34.6. The zero-order valence-corrected chi connectivity index (χ0v) is 15.7. The Morgan fingerprint density at radius 2 is 2.20 bits per heavy atom. The molecule has 0 spiro atoms. The first-order valence-electron chi connectivity index (χ1n) is 9.12. The zero-order valence-electron chi connectivity index (χ0n) is 15.7. The van der Waals surface area contributed by atoms with Gasteiger partial charge in [-0.2, -0.15) is 0 Å². The minimum atomic E-state index is -0.361. The van der Waals surface area contributed by atoms with E-state index in [9.17, 15) is 4.79 Å². The number of allylic oxidation sites excluding steroid dienone is 1. The third kappa shape index (κ3) is 3.22. The van der Waals surface area contributed by atoms with Crippen molar-refractivity contribution in [1.82, 2.24) is 5.32 Å². The van der Waals surface area contributed by atoms with Crippen LogP contribution in [-0.4, -0.2) is 25.3 Å². The molecule has 1 amide bonds. The molecule has 2 heterocycles. The van der Waals surface area contributed by atoms with Crippen molar-refractivity contribution in [3.8, 4) is 0 Å². The first-order chi connectivity index (χ1) is 11.8. The molecule has 5 heteroatoms. The lowest BCUT2D eigenvalue weighted by molar-refractivity contribution is -0.170. The van der Waals surface area contributed by atoms with Crippen molar-refractivity contribution < 1.29 is 18.7 Å². The summed E-state index contributed by atoms with van der Waals surface area (Å²) in [6, 6.07) is 3.93. The van der Waals surface area contributed by atoms with Gasteiger partial charge in [0.05, 0.1) is 12.9 Å². The van der Waals surface area contributed by atoms with Gasteiger partial charge < -0.3 is 19.2 Å². The number of hydrogen-bond donors (Lipinski definition) is 1. The zero-order chi connectivity index (χ0) is 18.2. The predicted molar refractivity (Wildman–Crippen MR) is 95.0 cm³/mol. The smallest absolute Gasteiger partial charge is 0.407 e. The predicted octanol–water partition coefficient (Wildman–Crippen LogP) is 4.32. The van der Waals surface area contributed by atoms with Gasteiger partial charge in [0.2, 0.25) is 0 Å². The van der Waals surface area contributed by atoms with Gasteiger partial charge in [0.25, 0.3) is 0 Å². The average Bonchev–Trinajstić information content (AvgIpc) is 3.05. The lowest BCUT2D eigenvalue weighted by Gasteiger charge is -2.54. The van der Waals surface area contributed by atoms with Gasteiger partial charge in [-0.15, -0.1) is 0 Å². The lowest BCUT2D eigenvalue weighted by Crippen LogP contribution is -2.54. The fourth-order valence-electron chi connectivity index (χ4n) is 4.44. The molecule has 5 atom stereocenters. The van der Waals surface area contributed by atoms with Crippen molar-refractivity contribution in [1.29, 1.82) is 0 Å². The SMILES string of the molecule is CC1=C[C@H](C)[C@@]2(COC(=O)NC(C)C)CO[C@H](c3ccco3)[C@@H]1[C@H]2C. The van der Waals surface area contributed by atoms with Crippen molar-refractivity contribution >= 4 is 6.09 Å². The Kier molecular flexibility index (Phi) is 4.96. The summed E-state index contributed by atoms with van der Waals surface area (Å²) in [7, 11) is 0. The molecule has 1 aliphatic heterocycles. The van der Waals surface area contributed by atoms with Crippen LogP contribution in [0.15, 0.2) is 34.5 Å². The molecule has 1 fully saturated rings. The summed E-state index contributed by atoms with van der Waals surface area (Å²) < 4.78 is 17.5.